The van der Waals surface area contributed by atoms with Gasteiger partial charge in [0.1, 0.15) is 0 Å². The van der Waals surface area contributed by atoms with Crippen LogP contribution in [0.4, 0.5) is 0 Å². The Hall–Kier alpha value is -0.530. The third-order valence-corrected chi connectivity index (χ3v) is 2.76. The van der Waals surface area contributed by atoms with Crippen molar-refractivity contribution in [2.24, 2.45) is 11.7 Å². The first kappa shape index (κ1) is 15.5. The maximum Gasteiger partial charge on any atom is 0.0297 e. The maximum absolute atomic E-state index is 6.12. The van der Waals surface area contributed by atoms with Gasteiger partial charge in [-0.2, -0.15) is 0 Å². The van der Waals surface area contributed by atoms with E-state index in [1.54, 1.807) is 0 Å². The molecule has 0 aliphatic rings. The van der Waals surface area contributed by atoms with Gasteiger partial charge in [0, 0.05) is 6.04 Å². The number of hydrogen-bond acceptors (Lipinski definition) is 1. The lowest BCUT2D eigenvalue weighted by Crippen LogP contribution is -2.12. The van der Waals surface area contributed by atoms with Crippen molar-refractivity contribution in [1.82, 2.24) is 0 Å². The zero-order valence-electron chi connectivity index (χ0n) is 10.7. The second-order valence-corrected chi connectivity index (χ2v) is 5.06. The number of halogens is 1. The quantitative estimate of drug-likeness (QED) is 0.837. The molecule has 1 aromatic rings. The van der Waals surface area contributed by atoms with Crippen LogP contribution in [0.15, 0.2) is 24.3 Å². The molecular weight excluding hydrogens is 218 g/mol. The SMILES string of the molecule is CC(C)CC(N)c1ccc(C(C)C)cc1.Cl. The van der Waals surface area contributed by atoms with E-state index < -0.39 is 0 Å². The van der Waals surface area contributed by atoms with Crippen molar-refractivity contribution in [3.8, 4) is 0 Å². The third-order valence-electron chi connectivity index (χ3n) is 2.76. The zero-order chi connectivity index (χ0) is 11.4. The Morgan fingerprint density at radius 3 is 1.75 bits per heavy atom. The second-order valence-electron chi connectivity index (χ2n) is 5.06. The van der Waals surface area contributed by atoms with Crippen LogP contribution in [0, 0.1) is 5.92 Å². The molecule has 0 radical (unpaired) electrons. The van der Waals surface area contributed by atoms with Crippen molar-refractivity contribution in [3.63, 3.8) is 0 Å². The van der Waals surface area contributed by atoms with E-state index in [-0.39, 0.29) is 18.4 Å². The minimum absolute atomic E-state index is 0. The lowest BCUT2D eigenvalue weighted by atomic mass is 9.95. The normalized spacial score (nSPS) is 12.7. The Kier molecular flexibility index (Phi) is 6.70. The summed E-state index contributed by atoms with van der Waals surface area (Å²) in [6.45, 7) is 8.84. The average molecular weight is 242 g/mol. The van der Waals surface area contributed by atoms with Crippen LogP contribution < -0.4 is 5.73 Å². The maximum atomic E-state index is 6.12. The molecule has 0 spiro atoms. The highest BCUT2D eigenvalue weighted by Crippen LogP contribution is 2.21. The Labute approximate surface area is 106 Å². The third kappa shape index (κ3) is 4.54. The van der Waals surface area contributed by atoms with Crippen molar-refractivity contribution in [1.29, 1.82) is 0 Å². The monoisotopic (exact) mass is 241 g/mol. The van der Waals surface area contributed by atoms with E-state index in [0.717, 1.165) is 6.42 Å². The van der Waals surface area contributed by atoms with Crippen LogP contribution in [-0.4, -0.2) is 0 Å². The van der Waals surface area contributed by atoms with Gasteiger partial charge < -0.3 is 5.73 Å². The van der Waals surface area contributed by atoms with Gasteiger partial charge in [0.05, 0.1) is 0 Å². The number of hydrogen-bond donors (Lipinski definition) is 1. The molecule has 92 valence electrons. The minimum Gasteiger partial charge on any atom is -0.324 e. The summed E-state index contributed by atoms with van der Waals surface area (Å²) in [6, 6.07) is 8.91. The second kappa shape index (κ2) is 6.93. The summed E-state index contributed by atoms with van der Waals surface area (Å²) in [7, 11) is 0. The van der Waals surface area contributed by atoms with E-state index in [9.17, 15) is 0 Å². The van der Waals surface area contributed by atoms with Gasteiger partial charge >= 0.3 is 0 Å². The first-order valence-corrected chi connectivity index (χ1v) is 5.86. The minimum atomic E-state index is 0. The fourth-order valence-corrected chi connectivity index (χ4v) is 1.77. The molecule has 1 atom stereocenters. The Morgan fingerprint density at radius 1 is 0.938 bits per heavy atom. The summed E-state index contributed by atoms with van der Waals surface area (Å²) < 4.78 is 0. The van der Waals surface area contributed by atoms with Gasteiger partial charge in [0.25, 0.3) is 0 Å². The van der Waals surface area contributed by atoms with Gasteiger partial charge in [0.15, 0.2) is 0 Å². The lowest BCUT2D eigenvalue weighted by molar-refractivity contribution is 0.510. The van der Waals surface area contributed by atoms with Gasteiger partial charge in [-0.15, -0.1) is 12.4 Å². The highest BCUT2D eigenvalue weighted by atomic mass is 35.5. The molecule has 1 nitrogen and oxygen atoms in total. The zero-order valence-corrected chi connectivity index (χ0v) is 11.6. The van der Waals surface area contributed by atoms with Gasteiger partial charge in [-0.1, -0.05) is 52.0 Å². The molecule has 2 heteroatoms. The van der Waals surface area contributed by atoms with Gasteiger partial charge in [0.2, 0.25) is 0 Å². The molecule has 1 aromatic carbocycles. The average Bonchev–Trinajstić information content (AvgIpc) is 2.17. The molecule has 0 saturated heterocycles. The first-order chi connectivity index (χ1) is 7.00. The van der Waals surface area contributed by atoms with E-state index in [4.69, 9.17) is 5.73 Å². The molecule has 0 bridgehead atoms. The molecular formula is C14H24ClN. The van der Waals surface area contributed by atoms with Crippen LogP contribution in [0.1, 0.15) is 57.2 Å². The first-order valence-electron chi connectivity index (χ1n) is 5.86. The van der Waals surface area contributed by atoms with Crippen LogP contribution in [0.5, 0.6) is 0 Å². The van der Waals surface area contributed by atoms with Gasteiger partial charge in [-0.3, -0.25) is 0 Å². The predicted molar refractivity (Wildman–Crippen MR) is 74.2 cm³/mol. The fourth-order valence-electron chi connectivity index (χ4n) is 1.77. The standard InChI is InChI=1S/C14H23N.ClH/c1-10(2)9-14(15)13-7-5-12(6-8-13)11(3)4;/h5-8,10-11,14H,9,15H2,1-4H3;1H. The van der Waals surface area contributed by atoms with Gasteiger partial charge in [-0.25, -0.2) is 0 Å². The van der Waals surface area contributed by atoms with E-state index in [2.05, 4.69) is 52.0 Å². The van der Waals surface area contributed by atoms with Crippen LogP contribution >= 0.6 is 12.4 Å². The lowest BCUT2D eigenvalue weighted by Gasteiger charge is -2.15. The van der Waals surface area contributed by atoms with Crippen molar-refractivity contribution < 1.29 is 0 Å². The van der Waals surface area contributed by atoms with Crippen LogP contribution in [0.25, 0.3) is 0 Å². The molecule has 2 N–H and O–H groups in total. The topological polar surface area (TPSA) is 26.0 Å². The number of rotatable bonds is 4. The molecule has 0 heterocycles. The highest BCUT2D eigenvalue weighted by Gasteiger charge is 2.08. The van der Waals surface area contributed by atoms with Crippen LogP contribution in [0.3, 0.4) is 0 Å². The van der Waals surface area contributed by atoms with Crippen molar-refractivity contribution in [3.05, 3.63) is 35.4 Å². The number of benzene rings is 1. The van der Waals surface area contributed by atoms with Gasteiger partial charge in [-0.05, 0) is 29.4 Å². The summed E-state index contributed by atoms with van der Waals surface area (Å²) >= 11 is 0. The summed E-state index contributed by atoms with van der Waals surface area (Å²) in [5.74, 6) is 1.25. The smallest absolute Gasteiger partial charge is 0.0297 e. The summed E-state index contributed by atoms with van der Waals surface area (Å²) in [4.78, 5) is 0. The Bertz CT molecular complexity index is 290. The molecule has 0 aromatic heterocycles. The Balaban J connectivity index is 0.00000225. The largest absolute Gasteiger partial charge is 0.324 e. The summed E-state index contributed by atoms with van der Waals surface area (Å²) in [5, 5.41) is 0. The molecule has 1 unspecified atom stereocenters. The van der Waals surface area contributed by atoms with Crippen molar-refractivity contribution >= 4 is 12.4 Å². The molecule has 0 aliphatic heterocycles. The fraction of sp³-hybridized carbons (Fsp3) is 0.571. The molecule has 16 heavy (non-hydrogen) atoms. The molecule has 0 saturated carbocycles. The molecule has 1 rings (SSSR count). The van der Waals surface area contributed by atoms with E-state index in [1.807, 2.05) is 0 Å². The number of nitrogens with two attached hydrogens (primary N) is 1. The summed E-state index contributed by atoms with van der Waals surface area (Å²) in [6.07, 6.45) is 1.06. The van der Waals surface area contributed by atoms with E-state index in [1.165, 1.54) is 11.1 Å². The molecule has 0 amide bonds. The molecule has 0 fully saturated rings. The molecule has 0 aliphatic carbocycles. The van der Waals surface area contributed by atoms with E-state index in [0.29, 0.717) is 11.8 Å². The summed E-state index contributed by atoms with van der Waals surface area (Å²) in [5.41, 5.74) is 8.76. The van der Waals surface area contributed by atoms with Crippen molar-refractivity contribution in [2.45, 2.75) is 46.1 Å². The predicted octanol–water partition coefficient (Wildman–Crippen LogP) is 4.28. The highest BCUT2D eigenvalue weighted by molar-refractivity contribution is 5.85. The van der Waals surface area contributed by atoms with Crippen molar-refractivity contribution in [2.75, 3.05) is 0 Å². The van der Waals surface area contributed by atoms with Crippen LogP contribution in [0.2, 0.25) is 0 Å². The van der Waals surface area contributed by atoms with Crippen LogP contribution in [-0.2, 0) is 0 Å². The van der Waals surface area contributed by atoms with E-state index >= 15 is 0 Å². The Morgan fingerprint density at radius 2 is 1.38 bits per heavy atom.